The number of carbonyl (C=O) groups excluding carboxylic acids is 1. The first-order valence-electron chi connectivity index (χ1n) is 7.18. The highest BCUT2D eigenvalue weighted by molar-refractivity contribution is 5.99. The molecule has 2 aliphatic rings. The molecule has 1 heterocycles. The van der Waals surface area contributed by atoms with E-state index in [-0.39, 0.29) is 11.8 Å². The number of benzene rings is 1. The van der Waals surface area contributed by atoms with E-state index in [1.165, 1.54) is 19.3 Å². The number of hydrogen-bond acceptors (Lipinski definition) is 2. The molecule has 1 aromatic carbocycles. The van der Waals surface area contributed by atoms with Crippen molar-refractivity contribution in [2.24, 2.45) is 16.4 Å². The number of aromatic amines is 1. The van der Waals surface area contributed by atoms with Crippen LogP contribution >= 0.6 is 0 Å². The Hall–Kier alpha value is -2.10. The topological polar surface area (TPSA) is 57.2 Å². The van der Waals surface area contributed by atoms with Crippen molar-refractivity contribution in [3.05, 3.63) is 36.0 Å². The van der Waals surface area contributed by atoms with Gasteiger partial charge in [-0.3, -0.25) is 4.79 Å². The van der Waals surface area contributed by atoms with Gasteiger partial charge in [-0.15, -0.1) is 0 Å². The Morgan fingerprint density at radius 2 is 2.25 bits per heavy atom. The van der Waals surface area contributed by atoms with Crippen LogP contribution in [0, 0.1) is 11.3 Å². The van der Waals surface area contributed by atoms with Crippen molar-refractivity contribution >= 4 is 23.0 Å². The molecule has 2 aromatic rings. The second-order valence-electron chi connectivity index (χ2n) is 6.00. The maximum atomic E-state index is 12.0. The average molecular weight is 267 g/mol. The van der Waals surface area contributed by atoms with Crippen molar-refractivity contribution in [1.82, 2.24) is 10.4 Å². The molecule has 1 amide bonds. The predicted octanol–water partition coefficient (Wildman–Crippen LogP) is 2.81. The van der Waals surface area contributed by atoms with Gasteiger partial charge >= 0.3 is 0 Å². The first-order valence-corrected chi connectivity index (χ1v) is 7.18. The summed E-state index contributed by atoms with van der Waals surface area (Å²) in [7, 11) is 0. The van der Waals surface area contributed by atoms with E-state index in [0.29, 0.717) is 5.41 Å². The molecule has 2 aliphatic carbocycles. The molecule has 0 saturated heterocycles. The number of amides is 1. The third kappa shape index (κ3) is 1.75. The van der Waals surface area contributed by atoms with Gasteiger partial charge in [-0.05, 0) is 30.7 Å². The highest BCUT2D eigenvalue weighted by Gasteiger charge is 2.60. The van der Waals surface area contributed by atoms with Crippen molar-refractivity contribution in [2.75, 3.05) is 0 Å². The fourth-order valence-corrected chi connectivity index (χ4v) is 3.35. The zero-order valence-electron chi connectivity index (χ0n) is 11.2. The highest BCUT2D eigenvalue weighted by atomic mass is 16.2. The van der Waals surface area contributed by atoms with E-state index < -0.39 is 0 Å². The molecule has 1 atom stereocenters. The molecule has 2 saturated carbocycles. The van der Waals surface area contributed by atoms with Crippen LogP contribution in [-0.2, 0) is 4.79 Å². The maximum absolute atomic E-state index is 12.0. The molecule has 0 aliphatic heterocycles. The van der Waals surface area contributed by atoms with Crippen LogP contribution in [-0.4, -0.2) is 17.1 Å². The smallest absolute Gasteiger partial charge is 0.243 e. The fraction of sp³-hybridized carbons (Fsp3) is 0.375. The van der Waals surface area contributed by atoms with Crippen molar-refractivity contribution in [3.63, 3.8) is 0 Å². The average Bonchev–Trinajstić information content (AvgIpc) is 3.09. The Kier molecular flexibility index (Phi) is 2.46. The predicted molar refractivity (Wildman–Crippen MR) is 78.4 cm³/mol. The SMILES string of the molecule is O=C(N/N=C/c1c[nH]c2ccccc12)C1CC12CCC2. The summed E-state index contributed by atoms with van der Waals surface area (Å²) in [6.45, 7) is 0. The molecule has 2 fully saturated rings. The monoisotopic (exact) mass is 267 g/mol. The summed E-state index contributed by atoms with van der Waals surface area (Å²) in [5.41, 5.74) is 5.12. The second kappa shape index (κ2) is 4.20. The molecule has 1 spiro atoms. The zero-order valence-corrected chi connectivity index (χ0v) is 11.2. The molecule has 102 valence electrons. The largest absolute Gasteiger partial charge is 0.361 e. The third-order valence-corrected chi connectivity index (χ3v) is 4.86. The summed E-state index contributed by atoms with van der Waals surface area (Å²) in [5, 5.41) is 5.22. The number of rotatable bonds is 3. The maximum Gasteiger partial charge on any atom is 0.243 e. The Morgan fingerprint density at radius 3 is 3.00 bits per heavy atom. The lowest BCUT2D eigenvalue weighted by Crippen LogP contribution is -2.26. The van der Waals surface area contributed by atoms with Crippen LogP contribution in [0.25, 0.3) is 10.9 Å². The molecule has 20 heavy (non-hydrogen) atoms. The molecule has 1 unspecified atom stereocenters. The second-order valence-corrected chi connectivity index (χ2v) is 6.00. The number of H-pyrrole nitrogens is 1. The van der Waals surface area contributed by atoms with Crippen molar-refractivity contribution in [1.29, 1.82) is 0 Å². The normalized spacial score (nSPS) is 23.1. The third-order valence-electron chi connectivity index (χ3n) is 4.86. The van der Waals surface area contributed by atoms with E-state index in [4.69, 9.17) is 0 Å². The lowest BCUT2D eigenvalue weighted by molar-refractivity contribution is -0.123. The molecular formula is C16H17N3O. The van der Waals surface area contributed by atoms with Crippen LogP contribution < -0.4 is 5.43 Å². The lowest BCUT2D eigenvalue weighted by Gasteiger charge is -2.25. The summed E-state index contributed by atoms with van der Waals surface area (Å²) < 4.78 is 0. The van der Waals surface area contributed by atoms with E-state index in [9.17, 15) is 4.79 Å². The number of nitrogens with zero attached hydrogens (tertiary/aromatic N) is 1. The minimum Gasteiger partial charge on any atom is -0.361 e. The molecule has 2 N–H and O–H groups in total. The van der Waals surface area contributed by atoms with Crippen molar-refractivity contribution in [3.8, 4) is 0 Å². The van der Waals surface area contributed by atoms with E-state index >= 15 is 0 Å². The Balaban J connectivity index is 1.43. The number of hydrazone groups is 1. The molecule has 0 bridgehead atoms. The summed E-state index contributed by atoms with van der Waals surface area (Å²) in [4.78, 5) is 15.2. The lowest BCUT2D eigenvalue weighted by atomic mass is 9.80. The number of carbonyl (C=O) groups is 1. The molecule has 4 nitrogen and oxygen atoms in total. The number of aromatic nitrogens is 1. The van der Waals surface area contributed by atoms with Crippen LogP contribution in [0.5, 0.6) is 0 Å². The molecule has 4 rings (SSSR count). The summed E-state index contributed by atoms with van der Waals surface area (Å²) >= 11 is 0. The number of nitrogens with one attached hydrogen (secondary N) is 2. The van der Waals surface area contributed by atoms with Crippen LogP contribution in [0.4, 0.5) is 0 Å². The van der Waals surface area contributed by atoms with Gasteiger partial charge in [0.1, 0.15) is 0 Å². The van der Waals surface area contributed by atoms with Crippen LogP contribution in [0.3, 0.4) is 0 Å². The quantitative estimate of drug-likeness (QED) is 0.652. The Bertz CT molecular complexity index is 697. The summed E-state index contributed by atoms with van der Waals surface area (Å²) in [6.07, 6.45) is 8.40. The Labute approximate surface area is 117 Å². The van der Waals surface area contributed by atoms with Crippen LogP contribution in [0.2, 0.25) is 0 Å². The van der Waals surface area contributed by atoms with E-state index in [1.54, 1.807) is 6.21 Å². The molecule has 0 radical (unpaired) electrons. The van der Waals surface area contributed by atoms with Gasteiger partial charge in [-0.25, -0.2) is 5.43 Å². The van der Waals surface area contributed by atoms with Gasteiger partial charge < -0.3 is 4.98 Å². The summed E-state index contributed by atoms with van der Waals surface area (Å²) in [6, 6.07) is 8.05. The molecular weight excluding hydrogens is 250 g/mol. The van der Waals surface area contributed by atoms with Gasteiger partial charge in [-0.2, -0.15) is 5.10 Å². The minimum atomic E-state index is 0.0841. The van der Waals surface area contributed by atoms with E-state index in [0.717, 1.165) is 22.9 Å². The van der Waals surface area contributed by atoms with Crippen molar-refractivity contribution in [2.45, 2.75) is 25.7 Å². The molecule has 4 heteroatoms. The Morgan fingerprint density at radius 1 is 1.40 bits per heavy atom. The standard InChI is InChI=1S/C16H17N3O/c20-15(13-8-16(13)6-3-7-16)19-18-10-11-9-17-14-5-2-1-4-12(11)14/h1-2,4-5,9-10,13,17H,3,6-8H2,(H,19,20)/b18-10+. The number of para-hydroxylation sites is 1. The number of hydrogen-bond donors (Lipinski definition) is 2. The van der Waals surface area contributed by atoms with Crippen molar-refractivity contribution < 1.29 is 4.79 Å². The van der Waals surface area contributed by atoms with E-state index in [2.05, 4.69) is 15.5 Å². The van der Waals surface area contributed by atoms with Gasteiger partial charge in [0.15, 0.2) is 0 Å². The van der Waals surface area contributed by atoms with Gasteiger partial charge in [-0.1, -0.05) is 24.6 Å². The zero-order chi connectivity index (χ0) is 13.6. The fourth-order valence-electron chi connectivity index (χ4n) is 3.35. The first kappa shape index (κ1) is 11.7. The highest BCUT2D eigenvalue weighted by Crippen LogP contribution is 2.65. The van der Waals surface area contributed by atoms with Crippen LogP contribution in [0.15, 0.2) is 35.6 Å². The van der Waals surface area contributed by atoms with Gasteiger partial charge in [0.05, 0.1) is 6.21 Å². The van der Waals surface area contributed by atoms with Gasteiger partial charge in [0.25, 0.3) is 0 Å². The summed E-state index contributed by atoms with van der Waals surface area (Å²) in [5.74, 6) is 0.289. The van der Waals surface area contributed by atoms with Gasteiger partial charge in [0, 0.05) is 28.6 Å². The van der Waals surface area contributed by atoms with E-state index in [1.807, 2.05) is 30.5 Å². The number of fused-ring (bicyclic) bond motifs is 1. The minimum absolute atomic E-state index is 0.0841. The van der Waals surface area contributed by atoms with Crippen LogP contribution in [0.1, 0.15) is 31.2 Å². The van der Waals surface area contributed by atoms with Gasteiger partial charge in [0.2, 0.25) is 5.91 Å². The molecule has 1 aromatic heterocycles. The first-order chi connectivity index (χ1) is 9.78.